The summed E-state index contributed by atoms with van der Waals surface area (Å²) in [5.74, 6) is 0.516. The Kier molecular flexibility index (Phi) is 8.96. The van der Waals surface area contributed by atoms with Gasteiger partial charge in [0.15, 0.2) is 5.96 Å². The van der Waals surface area contributed by atoms with Crippen LogP contribution in [0, 0.1) is 0 Å². The van der Waals surface area contributed by atoms with Crippen molar-refractivity contribution in [2.24, 2.45) is 4.99 Å². The molecule has 1 aromatic rings. The van der Waals surface area contributed by atoms with Crippen molar-refractivity contribution >= 4 is 47.6 Å². The van der Waals surface area contributed by atoms with Gasteiger partial charge in [0.1, 0.15) is 0 Å². The zero-order chi connectivity index (χ0) is 21.7. The molecule has 0 saturated carbocycles. The molecule has 0 aliphatic carbocycles. The van der Waals surface area contributed by atoms with Gasteiger partial charge in [-0.1, -0.05) is 32.9 Å². The Labute approximate surface area is 202 Å². The number of hydrogen-bond acceptors (Lipinski definition) is 4. The maximum atomic E-state index is 11.6. The Bertz CT molecular complexity index is 766. The lowest BCUT2D eigenvalue weighted by Gasteiger charge is -2.35. The van der Waals surface area contributed by atoms with Crippen LogP contribution in [-0.2, 0) is 10.2 Å². The molecule has 3 N–H and O–H groups in total. The highest BCUT2D eigenvalue weighted by Gasteiger charge is 2.28. The van der Waals surface area contributed by atoms with E-state index < -0.39 is 0 Å². The SMILES string of the molecule is CN=C(NCCN1C(=O)CNC1=O)NC1CCN(c2ccc(C(C)(C)C)cc2)CC1.I. The standard InChI is InChI=1S/C22H34N6O2.HI/c1-22(2,3)16-5-7-18(8-6-16)27-12-9-17(10-13-27)26-20(23-4)24-11-14-28-19(29)15-25-21(28)30;/h5-8,17H,9-15H2,1-4H3,(H,25,30)(H2,23,24,26);1H. The van der Waals surface area contributed by atoms with Crippen LogP contribution < -0.4 is 20.9 Å². The van der Waals surface area contributed by atoms with E-state index in [0.717, 1.165) is 25.9 Å². The molecule has 172 valence electrons. The monoisotopic (exact) mass is 542 g/mol. The molecule has 0 spiro atoms. The molecule has 2 heterocycles. The molecule has 3 amide bonds. The van der Waals surface area contributed by atoms with Crippen LogP contribution in [0.4, 0.5) is 10.5 Å². The van der Waals surface area contributed by atoms with Crippen molar-refractivity contribution in [1.29, 1.82) is 0 Å². The van der Waals surface area contributed by atoms with Crippen molar-refractivity contribution in [1.82, 2.24) is 20.9 Å². The summed E-state index contributed by atoms with van der Waals surface area (Å²) in [7, 11) is 1.73. The van der Waals surface area contributed by atoms with Gasteiger partial charge in [0.2, 0.25) is 5.91 Å². The second-order valence-corrected chi connectivity index (χ2v) is 8.91. The van der Waals surface area contributed by atoms with E-state index in [2.05, 4.69) is 70.9 Å². The molecule has 2 saturated heterocycles. The predicted molar refractivity (Wildman–Crippen MR) is 135 cm³/mol. The number of nitrogens with one attached hydrogen (secondary N) is 3. The number of anilines is 1. The second-order valence-electron chi connectivity index (χ2n) is 8.91. The molecular formula is C22H35IN6O2. The third-order valence-electron chi connectivity index (χ3n) is 5.72. The number of rotatable bonds is 5. The second kappa shape index (κ2) is 11.0. The van der Waals surface area contributed by atoms with E-state index in [4.69, 9.17) is 0 Å². The van der Waals surface area contributed by atoms with Gasteiger partial charge in [0.05, 0.1) is 6.54 Å². The zero-order valence-corrected chi connectivity index (χ0v) is 21.2. The van der Waals surface area contributed by atoms with E-state index in [1.54, 1.807) is 7.05 Å². The van der Waals surface area contributed by atoms with Crippen molar-refractivity contribution in [3.05, 3.63) is 29.8 Å². The van der Waals surface area contributed by atoms with Gasteiger partial charge in [-0.3, -0.25) is 14.7 Å². The normalized spacial score (nSPS) is 18.0. The minimum Gasteiger partial charge on any atom is -0.371 e. The van der Waals surface area contributed by atoms with E-state index in [0.29, 0.717) is 25.1 Å². The molecule has 31 heavy (non-hydrogen) atoms. The first-order valence-corrected chi connectivity index (χ1v) is 10.7. The Balaban J connectivity index is 0.00000341. The zero-order valence-electron chi connectivity index (χ0n) is 18.9. The highest BCUT2D eigenvalue weighted by molar-refractivity contribution is 14.0. The number of imide groups is 1. The number of benzene rings is 1. The fourth-order valence-electron chi connectivity index (χ4n) is 3.81. The largest absolute Gasteiger partial charge is 0.371 e. The highest BCUT2D eigenvalue weighted by Crippen LogP contribution is 2.26. The number of amides is 3. The van der Waals surface area contributed by atoms with Crippen molar-refractivity contribution in [2.45, 2.75) is 45.1 Å². The van der Waals surface area contributed by atoms with Crippen molar-refractivity contribution in [2.75, 3.05) is 44.7 Å². The number of carbonyl (C=O) groups is 2. The van der Waals surface area contributed by atoms with E-state index in [-0.39, 0.29) is 47.9 Å². The molecule has 0 atom stereocenters. The summed E-state index contributed by atoms with van der Waals surface area (Å²) >= 11 is 0. The van der Waals surface area contributed by atoms with Gasteiger partial charge < -0.3 is 20.9 Å². The van der Waals surface area contributed by atoms with Gasteiger partial charge in [-0.25, -0.2) is 4.79 Å². The average Bonchev–Trinajstić information content (AvgIpc) is 3.05. The molecule has 8 nitrogen and oxygen atoms in total. The highest BCUT2D eigenvalue weighted by atomic mass is 127. The van der Waals surface area contributed by atoms with E-state index in [1.165, 1.54) is 16.2 Å². The van der Waals surface area contributed by atoms with Gasteiger partial charge in [-0.15, -0.1) is 24.0 Å². The number of hydrogen-bond donors (Lipinski definition) is 3. The van der Waals surface area contributed by atoms with Crippen LogP contribution in [0.15, 0.2) is 29.3 Å². The predicted octanol–water partition coefficient (Wildman–Crippen LogP) is 2.29. The first kappa shape index (κ1) is 25.2. The van der Waals surface area contributed by atoms with E-state index in [9.17, 15) is 9.59 Å². The molecule has 1 aromatic carbocycles. The number of piperidine rings is 1. The number of nitrogens with zero attached hydrogens (tertiary/aromatic N) is 3. The van der Waals surface area contributed by atoms with Crippen LogP contribution in [0.2, 0.25) is 0 Å². The summed E-state index contributed by atoms with van der Waals surface area (Å²) in [4.78, 5) is 31.1. The minimum atomic E-state index is -0.326. The minimum absolute atomic E-state index is 0. The van der Waals surface area contributed by atoms with Crippen LogP contribution >= 0.6 is 24.0 Å². The lowest BCUT2D eigenvalue weighted by Crippen LogP contribution is -2.50. The average molecular weight is 542 g/mol. The fourth-order valence-corrected chi connectivity index (χ4v) is 3.81. The number of urea groups is 1. The van der Waals surface area contributed by atoms with Crippen LogP contribution in [-0.4, -0.2) is 68.6 Å². The van der Waals surface area contributed by atoms with Gasteiger partial charge in [-0.2, -0.15) is 0 Å². The molecule has 0 bridgehead atoms. The Hall–Kier alpha value is -2.04. The maximum absolute atomic E-state index is 11.6. The Morgan fingerprint density at radius 3 is 2.32 bits per heavy atom. The topological polar surface area (TPSA) is 89.1 Å². The molecule has 2 aliphatic heterocycles. The van der Waals surface area contributed by atoms with Gasteiger partial charge in [0, 0.05) is 45.0 Å². The van der Waals surface area contributed by atoms with Crippen molar-refractivity contribution in [3.8, 4) is 0 Å². The van der Waals surface area contributed by atoms with Crippen LogP contribution in [0.3, 0.4) is 0 Å². The maximum Gasteiger partial charge on any atom is 0.324 e. The number of guanidine groups is 1. The number of carbonyl (C=O) groups excluding carboxylic acids is 2. The van der Waals surface area contributed by atoms with E-state index in [1.807, 2.05) is 0 Å². The van der Waals surface area contributed by atoms with Gasteiger partial charge in [-0.05, 0) is 36.0 Å². The van der Waals surface area contributed by atoms with Gasteiger partial charge in [0.25, 0.3) is 0 Å². The van der Waals surface area contributed by atoms with Crippen LogP contribution in [0.25, 0.3) is 0 Å². The molecule has 0 radical (unpaired) electrons. The van der Waals surface area contributed by atoms with Crippen LogP contribution in [0.1, 0.15) is 39.2 Å². The summed E-state index contributed by atoms with van der Waals surface area (Å²) in [6, 6.07) is 8.94. The fraction of sp³-hybridized carbons (Fsp3) is 0.591. The summed E-state index contributed by atoms with van der Waals surface area (Å²) in [6.07, 6.45) is 2.05. The van der Waals surface area contributed by atoms with Crippen LogP contribution in [0.5, 0.6) is 0 Å². The third-order valence-corrected chi connectivity index (χ3v) is 5.72. The van der Waals surface area contributed by atoms with Gasteiger partial charge >= 0.3 is 6.03 Å². The molecule has 0 aromatic heterocycles. The Morgan fingerprint density at radius 1 is 1.16 bits per heavy atom. The summed E-state index contributed by atoms with van der Waals surface area (Å²) in [6.45, 7) is 9.57. The molecule has 2 aliphatic rings. The Morgan fingerprint density at radius 2 is 1.81 bits per heavy atom. The first-order chi connectivity index (χ1) is 14.3. The molecule has 3 rings (SSSR count). The van der Waals surface area contributed by atoms with Crippen molar-refractivity contribution < 1.29 is 9.59 Å². The van der Waals surface area contributed by atoms with E-state index >= 15 is 0 Å². The lowest BCUT2D eigenvalue weighted by atomic mass is 9.87. The molecular weight excluding hydrogens is 507 g/mol. The molecule has 9 heteroatoms. The summed E-state index contributed by atoms with van der Waals surface area (Å²) < 4.78 is 0. The molecule has 2 fully saturated rings. The number of halogens is 1. The van der Waals surface area contributed by atoms with Crippen molar-refractivity contribution in [3.63, 3.8) is 0 Å². The number of aliphatic imine (C=N–C) groups is 1. The lowest BCUT2D eigenvalue weighted by molar-refractivity contribution is -0.124. The smallest absolute Gasteiger partial charge is 0.324 e. The quantitative estimate of drug-likeness (QED) is 0.230. The summed E-state index contributed by atoms with van der Waals surface area (Å²) in [5, 5.41) is 9.19. The molecule has 0 unspecified atom stereocenters. The third kappa shape index (κ3) is 6.72. The first-order valence-electron chi connectivity index (χ1n) is 10.7. The summed E-state index contributed by atoms with van der Waals surface area (Å²) in [5.41, 5.74) is 2.80.